The zero-order valence-corrected chi connectivity index (χ0v) is 19.1. The van der Waals surface area contributed by atoms with Crippen LogP contribution in [0.2, 0.25) is 0 Å². The molecule has 0 bridgehead atoms. The highest BCUT2D eigenvalue weighted by molar-refractivity contribution is 7.99. The van der Waals surface area contributed by atoms with Crippen molar-refractivity contribution in [2.24, 2.45) is 0 Å². The largest absolute Gasteiger partial charge is 0.345 e. The van der Waals surface area contributed by atoms with Crippen molar-refractivity contribution >= 4 is 29.3 Å². The summed E-state index contributed by atoms with van der Waals surface area (Å²) in [5.74, 6) is -0.715. The van der Waals surface area contributed by atoms with Crippen LogP contribution in [0.5, 0.6) is 0 Å². The SMILES string of the molecule is C[C@@H](NC(=O)c1ccccc1NC(=O)CSc1n[nH]c(-c2ccccc2F)n1)c1ccccc1. The smallest absolute Gasteiger partial charge is 0.253 e. The van der Waals surface area contributed by atoms with Crippen molar-refractivity contribution in [3.63, 3.8) is 0 Å². The van der Waals surface area contributed by atoms with Crippen LogP contribution in [0.3, 0.4) is 0 Å². The molecule has 3 N–H and O–H groups in total. The number of thioether (sulfide) groups is 1. The Morgan fingerprint density at radius 1 is 1.00 bits per heavy atom. The molecule has 0 saturated heterocycles. The number of aromatic amines is 1. The van der Waals surface area contributed by atoms with Crippen molar-refractivity contribution in [3.05, 3.63) is 95.8 Å². The van der Waals surface area contributed by atoms with E-state index in [1.165, 1.54) is 6.07 Å². The van der Waals surface area contributed by atoms with Gasteiger partial charge in [-0.05, 0) is 36.8 Å². The fourth-order valence-electron chi connectivity index (χ4n) is 3.29. The molecule has 0 radical (unpaired) electrons. The fraction of sp³-hybridized carbons (Fsp3) is 0.120. The van der Waals surface area contributed by atoms with Crippen LogP contribution in [0.25, 0.3) is 11.4 Å². The molecule has 34 heavy (non-hydrogen) atoms. The van der Waals surface area contributed by atoms with Crippen molar-refractivity contribution in [2.45, 2.75) is 18.1 Å². The first-order valence-electron chi connectivity index (χ1n) is 10.6. The molecule has 0 aliphatic rings. The van der Waals surface area contributed by atoms with Crippen LogP contribution >= 0.6 is 11.8 Å². The predicted octanol–water partition coefficient (Wildman–Crippen LogP) is 4.83. The van der Waals surface area contributed by atoms with Crippen LogP contribution in [0.15, 0.2) is 84.0 Å². The molecule has 0 aliphatic heterocycles. The third-order valence-corrected chi connectivity index (χ3v) is 5.87. The summed E-state index contributed by atoms with van der Waals surface area (Å²) >= 11 is 1.10. The molecular weight excluding hydrogens is 453 g/mol. The van der Waals surface area contributed by atoms with E-state index < -0.39 is 5.82 Å². The Morgan fingerprint density at radius 3 is 2.50 bits per heavy atom. The molecule has 0 unspecified atom stereocenters. The Hall–Kier alpha value is -3.98. The number of para-hydroxylation sites is 1. The molecule has 1 heterocycles. The molecule has 4 rings (SSSR count). The summed E-state index contributed by atoms with van der Waals surface area (Å²) in [5, 5.41) is 12.8. The number of halogens is 1. The lowest BCUT2D eigenvalue weighted by atomic mass is 10.1. The summed E-state index contributed by atoms with van der Waals surface area (Å²) in [6.45, 7) is 1.90. The van der Waals surface area contributed by atoms with Gasteiger partial charge in [0.2, 0.25) is 11.1 Å². The van der Waals surface area contributed by atoms with Gasteiger partial charge in [0.25, 0.3) is 5.91 Å². The van der Waals surface area contributed by atoms with Gasteiger partial charge < -0.3 is 10.6 Å². The molecule has 1 atom stereocenters. The van der Waals surface area contributed by atoms with Gasteiger partial charge >= 0.3 is 0 Å². The zero-order valence-electron chi connectivity index (χ0n) is 18.3. The normalized spacial score (nSPS) is 11.6. The number of rotatable bonds is 8. The van der Waals surface area contributed by atoms with Crippen LogP contribution in [-0.4, -0.2) is 32.7 Å². The Kier molecular flexibility index (Phi) is 7.34. The van der Waals surface area contributed by atoms with E-state index in [1.54, 1.807) is 42.5 Å². The van der Waals surface area contributed by atoms with Crippen LogP contribution in [0, 0.1) is 5.82 Å². The number of nitrogens with zero attached hydrogens (tertiary/aromatic N) is 2. The van der Waals surface area contributed by atoms with Crippen LogP contribution in [0.1, 0.15) is 28.9 Å². The van der Waals surface area contributed by atoms with E-state index in [2.05, 4.69) is 25.8 Å². The summed E-state index contributed by atoms with van der Waals surface area (Å²) in [4.78, 5) is 29.6. The van der Waals surface area contributed by atoms with Gasteiger partial charge in [0, 0.05) is 0 Å². The second kappa shape index (κ2) is 10.8. The molecule has 9 heteroatoms. The monoisotopic (exact) mass is 475 g/mol. The van der Waals surface area contributed by atoms with Gasteiger partial charge in [0.05, 0.1) is 28.6 Å². The van der Waals surface area contributed by atoms with Crippen molar-refractivity contribution in [2.75, 3.05) is 11.1 Å². The third kappa shape index (κ3) is 5.68. The van der Waals surface area contributed by atoms with Crippen molar-refractivity contribution < 1.29 is 14.0 Å². The highest BCUT2D eigenvalue weighted by Crippen LogP contribution is 2.22. The first-order valence-corrected chi connectivity index (χ1v) is 11.5. The standard InChI is InChI=1S/C25H22FN5O2S/c1-16(17-9-3-2-4-10-17)27-24(33)19-12-6-8-14-21(19)28-22(32)15-34-25-29-23(30-31-25)18-11-5-7-13-20(18)26/h2-14,16H,15H2,1H3,(H,27,33)(H,28,32)(H,29,30,31)/t16-/m1/s1. The Balaban J connectivity index is 1.37. The Labute approximate surface area is 200 Å². The first-order chi connectivity index (χ1) is 16.5. The summed E-state index contributed by atoms with van der Waals surface area (Å²) in [5.41, 5.74) is 2.06. The van der Waals surface area contributed by atoms with E-state index in [0.29, 0.717) is 22.0 Å². The molecule has 0 fully saturated rings. The summed E-state index contributed by atoms with van der Waals surface area (Å²) in [6, 6.07) is 22.5. The fourth-order valence-corrected chi connectivity index (χ4v) is 3.89. The maximum atomic E-state index is 13.9. The molecule has 0 spiro atoms. The molecular formula is C25H22FN5O2S. The molecule has 3 aromatic carbocycles. The molecule has 0 aliphatic carbocycles. The summed E-state index contributed by atoms with van der Waals surface area (Å²) in [6.07, 6.45) is 0. The minimum Gasteiger partial charge on any atom is -0.345 e. The molecule has 0 saturated carbocycles. The lowest BCUT2D eigenvalue weighted by Gasteiger charge is -2.16. The van der Waals surface area contributed by atoms with Crippen LogP contribution in [0.4, 0.5) is 10.1 Å². The van der Waals surface area contributed by atoms with Gasteiger partial charge in [-0.3, -0.25) is 14.7 Å². The van der Waals surface area contributed by atoms with Crippen molar-refractivity contribution in [1.82, 2.24) is 20.5 Å². The van der Waals surface area contributed by atoms with Crippen molar-refractivity contribution in [3.8, 4) is 11.4 Å². The van der Waals surface area contributed by atoms with E-state index in [1.807, 2.05) is 37.3 Å². The van der Waals surface area contributed by atoms with Crippen molar-refractivity contribution in [1.29, 1.82) is 0 Å². The topological polar surface area (TPSA) is 99.8 Å². The average molecular weight is 476 g/mol. The molecule has 2 amide bonds. The molecule has 172 valence electrons. The van der Waals surface area contributed by atoms with E-state index in [-0.39, 0.29) is 29.4 Å². The zero-order chi connectivity index (χ0) is 23.9. The lowest BCUT2D eigenvalue weighted by Crippen LogP contribution is -2.28. The molecule has 7 nitrogen and oxygen atoms in total. The van der Waals surface area contributed by atoms with Gasteiger partial charge in [-0.1, -0.05) is 66.4 Å². The Bertz CT molecular complexity index is 1300. The number of carbonyl (C=O) groups excluding carboxylic acids is 2. The lowest BCUT2D eigenvalue weighted by molar-refractivity contribution is -0.113. The van der Waals surface area contributed by atoms with E-state index in [9.17, 15) is 14.0 Å². The quantitative estimate of drug-likeness (QED) is 0.317. The minimum atomic E-state index is -0.413. The maximum Gasteiger partial charge on any atom is 0.253 e. The van der Waals surface area contributed by atoms with E-state index in [4.69, 9.17) is 0 Å². The van der Waals surface area contributed by atoms with Gasteiger partial charge in [0.15, 0.2) is 5.82 Å². The maximum absolute atomic E-state index is 13.9. The number of carbonyl (C=O) groups is 2. The second-order valence-corrected chi connectivity index (χ2v) is 8.38. The van der Waals surface area contributed by atoms with Gasteiger partial charge in [0.1, 0.15) is 5.82 Å². The second-order valence-electron chi connectivity index (χ2n) is 7.43. The number of H-pyrrole nitrogens is 1. The highest BCUT2D eigenvalue weighted by atomic mass is 32.2. The summed E-state index contributed by atoms with van der Waals surface area (Å²) < 4.78 is 13.9. The minimum absolute atomic E-state index is 0.0188. The molecule has 4 aromatic rings. The third-order valence-electron chi connectivity index (χ3n) is 5.02. The highest BCUT2D eigenvalue weighted by Gasteiger charge is 2.17. The van der Waals surface area contributed by atoms with Gasteiger partial charge in [-0.15, -0.1) is 5.10 Å². The van der Waals surface area contributed by atoms with E-state index >= 15 is 0 Å². The van der Waals surface area contributed by atoms with Gasteiger partial charge in [-0.2, -0.15) is 0 Å². The number of hydrogen-bond acceptors (Lipinski definition) is 5. The predicted molar refractivity (Wildman–Crippen MR) is 130 cm³/mol. The number of hydrogen-bond donors (Lipinski definition) is 3. The number of nitrogens with one attached hydrogen (secondary N) is 3. The number of amides is 2. The van der Waals surface area contributed by atoms with E-state index in [0.717, 1.165) is 17.3 Å². The van der Waals surface area contributed by atoms with Crippen LogP contribution < -0.4 is 10.6 Å². The van der Waals surface area contributed by atoms with Gasteiger partial charge in [-0.25, -0.2) is 9.37 Å². The molecule has 1 aromatic heterocycles. The van der Waals surface area contributed by atoms with Crippen LogP contribution in [-0.2, 0) is 4.79 Å². The number of aromatic nitrogens is 3. The Morgan fingerprint density at radius 2 is 1.71 bits per heavy atom. The number of benzene rings is 3. The first kappa shape index (κ1) is 23.2. The summed E-state index contributed by atoms with van der Waals surface area (Å²) in [7, 11) is 0. The average Bonchev–Trinajstić information content (AvgIpc) is 3.32. The number of anilines is 1.